The van der Waals surface area contributed by atoms with Crippen LogP contribution in [0, 0.1) is 23.7 Å². The van der Waals surface area contributed by atoms with Crippen molar-refractivity contribution in [2.45, 2.75) is 142 Å². The van der Waals surface area contributed by atoms with E-state index in [1.165, 1.54) is 12.8 Å². The van der Waals surface area contributed by atoms with Crippen LogP contribution in [0.1, 0.15) is 93.9 Å². The summed E-state index contributed by atoms with van der Waals surface area (Å²) in [6.45, 7) is 26.7. The van der Waals surface area contributed by atoms with Crippen molar-refractivity contribution in [3.8, 4) is 23.7 Å². The Labute approximate surface area is 202 Å². The van der Waals surface area contributed by atoms with Gasteiger partial charge < -0.3 is 8.85 Å². The molecule has 2 atom stereocenters. The maximum atomic E-state index is 12.1. The highest BCUT2D eigenvalue weighted by Gasteiger charge is 2.39. The molecule has 0 aromatic carbocycles. The van der Waals surface area contributed by atoms with Crippen molar-refractivity contribution in [1.82, 2.24) is 0 Å². The quantitative estimate of drug-likeness (QED) is 0.139. The Morgan fingerprint density at radius 2 is 1.28 bits per heavy atom. The Kier molecular flexibility index (Phi) is 12.8. The van der Waals surface area contributed by atoms with E-state index in [1.807, 2.05) is 6.92 Å². The van der Waals surface area contributed by atoms with Gasteiger partial charge in [-0.25, -0.2) is 0 Å². The van der Waals surface area contributed by atoms with Gasteiger partial charge >= 0.3 is 0 Å². The van der Waals surface area contributed by atoms with Gasteiger partial charge in [0.05, 0.1) is 12.2 Å². The molecule has 0 heterocycles. The van der Waals surface area contributed by atoms with Crippen LogP contribution in [0.15, 0.2) is 0 Å². The third kappa shape index (κ3) is 11.8. The lowest BCUT2D eigenvalue weighted by Gasteiger charge is -2.39. The second-order valence-electron chi connectivity index (χ2n) is 12.0. The molecule has 0 saturated heterocycles. The molecule has 0 unspecified atom stereocenters. The molecule has 3 nitrogen and oxygen atoms in total. The van der Waals surface area contributed by atoms with Crippen molar-refractivity contribution in [1.29, 1.82) is 0 Å². The molecule has 0 fully saturated rings. The van der Waals surface area contributed by atoms with Crippen molar-refractivity contribution >= 4 is 22.4 Å². The summed E-state index contributed by atoms with van der Waals surface area (Å²) in [6.07, 6.45) is 5.77. The summed E-state index contributed by atoms with van der Waals surface area (Å²) < 4.78 is 12.9. The number of Topliss-reactive ketones (excluding diaryl/α,β-unsaturated/α-hetero) is 1. The number of hydrogen-bond acceptors (Lipinski definition) is 3. The molecule has 0 aliphatic rings. The fourth-order valence-electron chi connectivity index (χ4n) is 2.69. The van der Waals surface area contributed by atoms with E-state index in [0.29, 0.717) is 12.8 Å². The zero-order valence-electron chi connectivity index (χ0n) is 23.1. The summed E-state index contributed by atoms with van der Waals surface area (Å²) in [5, 5.41) is 0.323. The van der Waals surface area contributed by atoms with Crippen LogP contribution in [-0.4, -0.2) is 34.6 Å². The zero-order valence-corrected chi connectivity index (χ0v) is 25.1. The first-order valence-electron chi connectivity index (χ1n) is 12.3. The summed E-state index contributed by atoms with van der Waals surface area (Å²) >= 11 is 0. The molecule has 0 saturated carbocycles. The summed E-state index contributed by atoms with van der Waals surface area (Å²) in [7, 11) is -3.68. The molecule has 0 aromatic heterocycles. The third-order valence-electron chi connectivity index (χ3n) is 6.82. The van der Waals surface area contributed by atoms with E-state index in [1.54, 1.807) is 0 Å². The van der Waals surface area contributed by atoms with Crippen LogP contribution in [0.3, 0.4) is 0 Å². The lowest BCUT2D eigenvalue weighted by molar-refractivity contribution is -0.108. The fraction of sp³-hybridized carbons (Fsp3) is 0.815. The molecule has 0 amide bonds. The van der Waals surface area contributed by atoms with Crippen LogP contribution >= 0.6 is 0 Å². The molecule has 0 N–H and O–H groups in total. The SMILES string of the molecule is CCCCC[C@@H](CC#CC(=O)C#CC[C@H](C)O[Si](C)(C)C(C)(C)C)O[Si](C)(C)C(C)(C)C. The Morgan fingerprint density at radius 1 is 0.812 bits per heavy atom. The third-order valence-corrected chi connectivity index (χ3v) is 16.0. The first-order chi connectivity index (χ1) is 14.4. The van der Waals surface area contributed by atoms with Crippen molar-refractivity contribution in [2.24, 2.45) is 0 Å². The van der Waals surface area contributed by atoms with Crippen molar-refractivity contribution < 1.29 is 13.6 Å². The number of rotatable bonds is 10. The monoisotopic (exact) mass is 478 g/mol. The van der Waals surface area contributed by atoms with Crippen LogP contribution in [0.5, 0.6) is 0 Å². The normalized spacial score (nSPS) is 14.6. The van der Waals surface area contributed by atoms with Crippen molar-refractivity contribution in [3.63, 3.8) is 0 Å². The van der Waals surface area contributed by atoms with Gasteiger partial charge in [-0.05, 0) is 61.5 Å². The van der Waals surface area contributed by atoms with Crippen LogP contribution < -0.4 is 0 Å². The van der Waals surface area contributed by atoms with E-state index in [-0.39, 0.29) is 28.1 Å². The Balaban J connectivity index is 4.92. The van der Waals surface area contributed by atoms with Crippen LogP contribution in [0.4, 0.5) is 0 Å². The summed E-state index contributed by atoms with van der Waals surface area (Å²) in [5.74, 6) is 11.1. The molecule has 32 heavy (non-hydrogen) atoms. The molecular formula is C27H50O3Si2. The largest absolute Gasteiger partial charge is 0.413 e. The van der Waals surface area contributed by atoms with Crippen molar-refractivity contribution in [2.75, 3.05) is 0 Å². The number of unbranched alkanes of at least 4 members (excludes halogenated alkanes) is 2. The predicted octanol–water partition coefficient (Wildman–Crippen LogP) is 7.72. The second kappa shape index (κ2) is 13.1. The number of carbonyl (C=O) groups is 1. The van der Waals surface area contributed by atoms with E-state index < -0.39 is 16.6 Å². The van der Waals surface area contributed by atoms with Crippen molar-refractivity contribution in [3.05, 3.63) is 0 Å². The lowest BCUT2D eigenvalue weighted by atomic mass is 10.1. The first kappa shape index (κ1) is 31.1. The van der Waals surface area contributed by atoms with Crippen LogP contribution in [-0.2, 0) is 13.6 Å². The summed E-state index contributed by atoms with van der Waals surface area (Å²) in [4.78, 5) is 12.1. The van der Waals surface area contributed by atoms with E-state index in [9.17, 15) is 4.79 Å². The minimum Gasteiger partial charge on any atom is -0.413 e. The maximum absolute atomic E-state index is 12.1. The average molecular weight is 479 g/mol. The van der Waals surface area contributed by atoms with Gasteiger partial charge in [0.1, 0.15) is 0 Å². The molecule has 5 heteroatoms. The van der Waals surface area contributed by atoms with Gasteiger partial charge in [0.25, 0.3) is 5.78 Å². The van der Waals surface area contributed by atoms with Gasteiger partial charge in [-0.1, -0.05) is 79.6 Å². The zero-order chi connectivity index (χ0) is 25.2. The van der Waals surface area contributed by atoms with Gasteiger partial charge in [-0.2, -0.15) is 0 Å². The highest BCUT2D eigenvalue weighted by atomic mass is 28.4. The molecule has 0 spiro atoms. The minimum atomic E-state index is -1.86. The van der Waals surface area contributed by atoms with Gasteiger partial charge in [0, 0.05) is 12.8 Å². The topological polar surface area (TPSA) is 35.5 Å². The van der Waals surface area contributed by atoms with Gasteiger partial charge in [-0.3, -0.25) is 4.79 Å². The van der Waals surface area contributed by atoms with Gasteiger partial charge in [-0.15, -0.1) is 0 Å². The average Bonchev–Trinajstić information content (AvgIpc) is 2.59. The molecule has 0 bridgehead atoms. The standard InChI is InChI=1S/C27H50O3Si2/c1-13-14-15-21-25(30-32(11,12)27(6,7)8)22-17-20-24(28)19-16-18-23(2)29-31(9,10)26(3,4)5/h23,25H,13-15,18,21-22H2,1-12H3/t23-,25-/m0/s1. The lowest BCUT2D eigenvalue weighted by Crippen LogP contribution is -2.43. The molecule has 0 rings (SSSR count). The Bertz CT molecular complexity index is 704. The molecule has 184 valence electrons. The summed E-state index contributed by atoms with van der Waals surface area (Å²) in [5.41, 5.74) is 0. The fourth-order valence-corrected chi connectivity index (χ4v) is 5.52. The number of ketones is 1. The number of hydrogen-bond donors (Lipinski definition) is 0. The Hall–Kier alpha value is -0.856. The smallest absolute Gasteiger partial charge is 0.279 e. The molecule has 0 aromatic rings. The maximum Gasteiger partial charge on any atom is 0.279 e. The second-order valence-corrected chi connectivity index (χ2v) is 21.5. The number of carbonyl (C=O) groups excluding carboxylic acids is 1. The highest BCUT2D eigenvalue weighted by molar-refractivity contribution is 6.74. The van der Waals surface area contributed by atoms with Crippen LogP contribution in [0.25, 0.3) is 0 Å². The molecule has 0 aliphatic carbocycles. The van der Waals surface area contributed by atoms with Gasteiger partial charge in [0.15, 0.2) is 16.6 Å². The van der Waals surface area contributed by atoms with E-state index >= 15 is 0 Å². The first-order valence-corrected chi connectivity index (χ1v) is 18.1. The Morgan fingerprint density at radius 3 is 1.75 bits per heavy atom. The molecule has 0 radical (unpaired) electrons. The summed E-state index contributed by atoms with van der Waals surface area (Å²) in [6, 6.07) is 0. The van der Waals surface area contributed by atoms with Crippen LogP contribution in [0.2, 0.25) is 36.3 Å². The van der Waals surface area contributed by atoms with E-state index in [0.717, 1.165) is 12.8 Å². The molecular weight excluding hydrogens is 428 g/mol. The molecule has 0 aliphatic heterocycles. The predicted molar refractivity (Wildman–Crippen MR) is 144 cm³/mol. The van der Waals surface area contributed by atoms with E-state index in [4.69, 9.17) is 8.85 Å². The minimum absolute atomic E-state index is 0.0186. The highest BCUT2D eigenvalue weighted by Crippen LogP contribution is 2.38. The van der Waals surface area contributed by atoms with Gasteiger partial charge in [0.2, 0.25) is 0 Å². The van der Waals surface area contributed by atoms with E-state index in [2.05, 4.69) is 98.3 Å².